The van der Waals surface area contributed by atoms with Gasteiger partial charge in [0.1, 0.15) is 0 Å². The molecule has 0 radical (unpaired) electrons. The molecule has 90 valence electrons. The van der Waals surface area contributed by atoms with E-state index in [1.165, 1.54) is 5.57 Å². The molecule has 0 bridgehead atoms. The maximum atomic E-state index is 12.0. The number of carbonyl (C=O) groups excluding carboxylic acids is 1. The van der Waals surface area contributed by atoms with Crippen molar-refractivity contribution in [2.45, 2.75) is 27.2 Å². The fourth-order valence-electron chi connectivity index (χ4n) is 2.27. The van der Waals surface area contributed by atoms with E-state index in [-0.39, 0.29) is 11.3 Å². The molecule has 1 N–H and O–H groups in total. The van der Waals surface area contributed by atoms with Crippen LogP contribution < -0.4 is 5.32 Å². The van der Waals surface area contributed by atoms with E-state index in [0.29, 0.717) is 5.91 Å². The molecular weight excluding hydrogens is 200 g/mol. The summed E-state index contributed by atoms with van der Waals surface area (Å²) in [5, 5.41) is 3.15. The molecule has 1 saturated heterocycles. The van der Waals surface area contributed by atoms with Gasteiger partial charge in [0.05, 0.1) is 5.92 Å². The first kappa shape index (κ1) is 11.6. The Labute approximate surface area is 97.9 Å². The molecule has 0 saturated carbocycles. The maximum absolute atomic E-state index is 12.0. The van der Waals surface area contributed by atoms with Gasteiger partial charge in [0.15, 0.2) is 0 Å². The minimum absolute atomic E-state index is 0.240. The highest BCUT2D eigenvalue weighted by Crippen LogP contribution is 2.30. The van der Waals surface area contributed by atoms with Gasteiger partial charge >= 0.3 is 0 Å². The van der Waals surface area contributed by atoms with Crippen molar-refractivity contribution in [3.05, 3.63) is 11.6 Å². The highest BCUT2D eigenvalue weighted by Gasteiger charge is 2.31. The molecule has 0 aromatic rings. The van der Waals surface area contributed by atoms with E-state index < -0.39 is 0 Å². The number of nitrogens with one attached hydrogen (secondary N) is 1. The Kier molecular flexibility index (Phi) is 3.06. The Morgan fingerprint density at radius 3 is 2.50 bits per heavy atom. The van der Waals surface area contributed by atoms with Gasteiger partial charge in [0.25, 0.3) is 0 Å². The van der Waals surface area contributed by atoms with Crippen LogP contribution in [0, 0.1) is 11.3 Å². The summed E-state index contributed by atoms with van der Waals surface area (Å²) in [6.07, 6.45) is 3.28. The zero-order valence-corrected chi connectivity index (χ0v) is 10.5. The van der Waals surface area contributed by atoms with Crippen LogP contribution in [0.15, 0.2) is 11.6 Å². The van der Waals surface area contributed by atoms with Crippen LogP contribution in [-0.2, 0) is 4.79 Å². The van der Waals surface area contributed by atoms with Crippen molar-refractivity contribution >= 4 is 5.91 Å². The number of hydrogen-bond acceptors (Lipinski definition) is 2. The van der Waals surface area contributed by atoms with Crippen LogP contribution in [0.4, 0.5) is 0 Å². The lowest BCUT2D eigenvalue weighted by Crippen LogP contribution is -2.52. The Morgan fingerprint density at radius 1 is 1.44 bits per heavy atom. The van der Waals surface area contributed by atoms with Gasteiger partial charge in [-0.3, -0.25) is 4.79 Å². The average Bonchev–Trinajstić information content (AvgIpc) is 2.14. The molecule has 3 nitrogen and oxygen atoms in total. The Bertz CT molecular complexity index is 310. The molecule has 0 aliphatic carbocycles. The van der Waals surface area contributed by atoms with Crippen molar-refractivity contribution < 1.29 is 4.79 Å². The summed E-state index contributed by atoms with van der Waals surface area (Å²) in [6.45, 7) is 10.2. The third-order valence-electron chi connectivity index (χ3n) is 3.61. The molecule has 0 spiro atoms. The lowest BCUT2D eigenvalue weighted by atomic mass is 9.83. The molecule has 0 aromatic carbocycles. The van der Waals surface area contributed by atoms with Crippen LogP contribution in [0.1, 0.15) is 27.2 Å². The van der Waals surface area contributed by atoms with E-state index in [9.17, 15) is 4.79 Å². The highest BCUT2D eigenvalue weighted by atomic mass is 16.2. The second-order valence-electron chi connectivity index (χ2n) is 5.87. The first-order chi connectivity index (χ1) is 7.48. The van der Waals surface area contributed by atoms with Crippen molar-refractivity contribution in [2.75, 3.05) is 26.2 Å². The Hall–Kier alpha value is -0.830. The van der Waals surface area contributed by atoms with E-state index >= 15 is 0 Å². The number of amides is 1. The van der Waals surface area contributed by atoms with Crippen molar-refractivity contribution in [1.82, 2.24) is 10.2 Å². The molecule has 0 unspecified atom stereocenters. The summed E-state index contributed by atoms with van der Waals surface area (Å²) in [6, 6.07) is 0. The quantitative estimate of drug-likeness (QED) is 0.680. The van der Waals surface area contributed by atoms with Gasteiger partial charge in [0, 0.05) is 26.2 Å². The van der Waals surface area contributed by atoms with Crippen molar-refractivity contribution in [3.8, 4) is 0 Å². The topological polar surface area (TPSA) is 32.3 Å². The standard InChI is InChI=1S/C13H22N2O/c1-13(2,3)11-4-6-15(7-5-11)12(16)10-8-14-9-10/h4,10,14H,5-9H2,1-3H3. The molecule has 2 aliphatic heterocycles. The fourth-order valence-corrected chi connectivity index (χ4v) is 2.27. The molecule has 16 heavy (non-hydrogen) atoms. The third-order valence-corrected chi connectivity index (χ3v) is 3.61. The average molecular weight is 222 g/mol. The van der Waals surface area contributed by atoms with Gasteiger partial charge in [0.2, 0.25) is 5.91 Å². The van der Waals surface area contributed by atoms with Crippen LogP contribution in [0.25, 0.3) is 0 Å². The first-order valence-corrected chi connectivity index (χ1v) is 6.17. The van der Waals surface area contributed by atoms with Gasteiger partial charge in [-0.2, -0.15) is 0 Å². The van der Waals surface area contributed by atoms with Crippen LogP contribution in [0.5, 0.6) is 0 Å². The Morgan fingerprint density at radius 2 is 2.12 bits per heavy atom. The third kappa shape index (κ3) is 2.29. The predicted molar refractivity (Wildman–Crippen MR) is 65.1 cm³/mol. The zero-order valence-electron chi connectivity index (χ0n) is 10.5. The smallest absolute Gasteiger partial charge is 0.228 e. The van der Waals surface area contributed by atoms with Crippen LogP contribution in [-0.4, -0.2) is 37.0 Å². The lowest BCUT2D eigenvalue weighted by Gasteiger charge is -2.36. The normalized spacial score (nSPS) is 22.7. The van der Waals surface area contributed by atoms with E-state index in [1.807, 2.05) is 4.90 Å². The number of hydrogen-bond donors (Lipinski definition) is 1. The number of rotatable bonds is 1. The SMILES string of the molecule is CC(C)(C)C1=CCN(C(=O)C2CNC2)CC1. The van der Waals surface area contributed by atoms with Crippen molar-refractivity contribution in [1.29, 1.82) is 0 Å². The Balaban J connectivity index is 1.93. The zero-order chi connectivity index (χ0) is 11.8. The number of carbonyl (C=O) groups is 1. The molecule has 2 aliphatic rings. The maximum Gasteiger partial charge on any atom is 0.228 e. The molecule has 1 amide bonds. The molecule has 3 heteroatoms. The molecule has 2 rings (SSSR count). The highest BCUT2D eigenvalue weighted by molar-refractivity contribution is 5.80. The summed E-state index contributed by atoms with van der Waals surface area (Å²) in [4.78, 5) is 14.0. The van der Waals surface area contributed by atoms with Crippen molar-refractivity contribution in [2.24, 2.45) is 11.3 Å². The molecule has 0 atom stereocenters. The number of nitrogens with zero attached hydrogens (tertiary/aromatic N) is 1. The van der Waals surface area contributed by atoms with Crippen molar-refractivity contribution in [3.63, 3.8) is 0 Å². The first-order valence-electron chi connectivity index (χ1n) is 6.17. The molecule has 1 fully saturated rings. The minimum atomic E-state index is 0.240. The van der Waals surface area contributed by atoms with Gasteiger partial charge in [-0.15, -0.1) is 0 Å². The summed E-state index contributed by atoms with van der Waals surface area (Å²) in [7, 11) is 0. The van der Waals surface area contributed by atoms with Gasteiger partial charge in [-0.05, 0) is 11.8 Å². The van der Waals surface area contributed by atoms with E-state index in [2.05, 4.69) is 32.2 Å². The molecule has 0 aromatic heterocycles. The van der Waals surface area contributed by atoms with Gasteiger partial charge < -0.3 is 10.2 Å². The van der Waals surface area contributed by atoms with Crippen LogP contribution >= 0.6 is 0 Å². The molecule has 2 heterocycles. The van der Waals surface area contributed by atoms with Gasteiger partial charge in [-0.25, -0.2) is 0 Å². The lowest BCUT2D eigenvalue weighted by molar-refractivity contribution is -0.136. The second-order valence-corrected chi connectivity index (χ2v) is 5.87. The van der Waals surface area contributed by atoms with Crippen LogP contribution in [0.2, 0.25) is 0 Å². The molecular formula is C13H22N2O. The summed E-state index contributed by atoms with van der Waals surface area (Å²) >= 11 is 0. The minimum Gasteiger partial charge on any atom is -0.338 e. The second kappa shape index (κ2) is 4.21. The summed E-state index contributed by atoms with van der Waals surface area (Å²) in [5.41, 5.74) is 1.75. The van der Waals surface area contributed by atoms with Crippen LogP contribution in [0.3, 0.4) is 0 Å². The summed E-state index contributed by atoms with van der Waals surface area (Å²) < 4.78 is 0. The van der Waals surface area contributed by atoms with E-state index in [0.717, 1.165) is 32.6 Å². The summed E-state index contributed by atoms with van der Waals surface area (Å²) in [5.74, 6) is 0.576. The predicted octanol–water partition coefficient (Wildman–Crippen LogP) is 1.41. The van der Waals surface area contributed by atoms with E-state index in [1.54, 1.807) is 0 Å². The van der Waals surface area contributed by atoms with Gasteiger partial charge in [-0.1, -0.05) is 32.4 Å². The van der Waals surface area contributed by atoms with E-state index in [4.69, 9.17) is 0 Å². The monoisotopic (exact) mass is 222 g/mol. The fraction of sp³-hybridized carbons (Fsp3) is 0.769. The largest absolute Gasteiger partial charge is 0.338 e.